The Hall–Kier alpha value is -1.60. The molecular weight excluding hydrogens is 278 g/mol. The fourth-order valence-electron chi connectivity index (χ4n) is 5.60. The molecule has 0 N–H and O–H groups in total. The number of piperidine rings is 1. The molecule has 0 amide bonds. The lowest BCUT2D eigenvalue weighted by molar-refractivity contribution is -0.922. The smallest absolute Gasteiger partial charge is 0.101 e. The maximum atomic E-state index is 2.57. The van der Waals surface area contributed by atoms with Crippen molar-refractivity contribution in [2.24, 2.45) is 5.41 Å². The number of hydrogen-bond acceptors (Lipinski definition) is 0. The van der Waals surface area contributed by atoms with E-state index in [4.69, 9.17) is 0 Å². The van der Waals surface area contributed by atoms with Gasteiger partial charge in [0.25, 0.3) is 0 Å². The van der Waals surface area contributed by atoms with Crippen molar-refractivity contribution in [1.82, 2.24) is 0 Å². The molecule has 23 heavy (non-hydrogen) atoms. The minimum absolute atomic E-state index is 0.396. The van der Waals surface area contributed by atoms with Crippen molar-refractivity contribution in [3.05, 3.63) is 53.1 Å². The van der Waals surface area contributed by atoms with Gasteiger partial charge in [-0.15, -0.1) is 0 Å². The van der Waals surface area contributed by atoms with Gasteiger partial charge in [0, 0.05) is 5.41 Å². The van der Waals surface area contributed by atoms with E-state index >= 15 is 0 Å². The summed E-state index contributed by atoms with van der Waals surface area (Å²) >= 11 is 0. The third kappa shape index (κ3) is 2.03. The highest BCUT2D eigenvalue weighted by molar-refractivity contribution is 5.93. The average molecular weight is 304 g/mol. The fourth-order valence-corrected chi connectivity index (χ4v) is 5.60. The van der Waals surface area contributed by atoms with Crippen LogP contribution in [0.25, 0.3) is 16.8 Å². The molecule has 2 fully saturated rings. The second kappa shape index (κ2) is 4.70. The largest absolute Gasteiger partial charge is 0.319 e. The Morgan fingerprint density at radius 2 is 1.78 bits per heavy atom. The van der Waals surface area contributed by atoms with Crippen LogP contribution in [-0.2, 0) is 6.42 Å². The fraction of sp³-hybridized carbons (Fsp3) is 0.455. The van der Waals surface area contributed by atoms with Crippen molar-refractivity contribution in [3.8, 4) is 0 Å². The molecule has 3 aliphatic rings. The zero-order chi connectivity index (χ0) is 15.5. The Labute approximate surface area is 139 Å². The molecule has 0 bridgehead atoms. The second-order valence-corrected chi connectivity index (χ2v) is 8.43. The monoisotopic (exact) mass is 304 g/mol. The van der Waals surface area contributed by atoms with Gasteiger partial charge in [0.2, 0.25) is 0 Å². The van der Waals surface area contributed by atoms with Crippen LogP contribution in [0.3, 0.4) is 0 Å². The molecule has 118 valence electrons. The van der Waals surface area contributed by atoms with Crippen molar-refractivity contribution >= 4 is 16.8 Å². The molecule has 2 aromatic carbocycles. The lowest BCUT2D eigenvalue weighted by Gasteiger charge is -2.39. The van der Waals surface area contributed by atoms with Gasteiger partial charge in [0.1, 0.15) is 6.54 Å². The zero-order valence-electron chi connectivity index (χ0n) is 14.1. The Morgan fingerprint density at radius 1 is 0.957 bits per heavy atom. The van der Waals surface area contributed by atoms with Gasteiger partial charge in [-0.25, -0.2) is 0 Å². The minimum atomic E-state index is 0.396. The number of hydrogen-bond donors (Lipinski definition) is 0. The molecular formula is C22H26N+. The highest BCUT2D eigenvalue weighted by atomic mass is 15.4. The average Bonchev–Trinajstić information content (AvgIpc) is 2.83. The van der Waals surface area contributed by atoms with E-state index in [2.05, 4.69) is 49.4 Å². The Bertz CT molecular complexity index is 810. The first-order valence-corrected chi connectivity index (χ1v) is 9.24. The van der Waals surface area contributed by atoms with Crippen LogP contribution in [0.4, 0.5) is 0 Å². The summed E-state index contributed by atoms with van der Waals surface area (Å²) in [5.74, 6) is 0. The van der Waals surface area contributed by atoms with E-state index in [9.17, 15) is 0 Å². The van der Waals surface area contributed by atoms with Crippen LogP contribution in [-0.4, -0.2) is 30.7 Å². The summed E-state index contributed by atoms with van der Waals surface area (Å²) in [6.45, 7) is 8.01. The first-order valence-electron chi connectivity index (χ1n) is 9.24. The van der Waals surface area contributed by atoms with Gasteiger partial charge in [0.05, 0.1) is 19.6 Å². The molecule has 2 aromatic rings. The summed E-state index contributed by atoms with van der Waals surface area (Å²) in [7, 11) is 0. The van der Waals surface area contributed by atoms with Gasteiger partial charge in [0.15, 0.2) is 0 Å². The molecule has 2 saturated heterocycles. The molecule has 1 aliphatic carbocycles. The molecule has 1 nitrogen and oxygen atoms in total. The highest BCUT2D eigenvalue weighted by Gasteiger charge is 2.50. The summed E-state index contributed by atoms with van der Waals surface area (Å²) in [6, 6.07) is 13.6. The molecule has 2 heterocycles. The predicted molar refractivity (Wildman–Crippen MR) is 97.3 cm³/mol. The third-order valence-electron chi connectivity index (χ3n) is 6.69. The summed E-state index contributed by atoms with van der Waals surface area (Å²) in [4.78, 5) is 0. The van der Waals surface area contributed by atoms with Gasteiger partial charge >= 0.3 is 0 Å². The number of quaternary nitrogens is 1. The van der Waals surface area contributed by atoms with Crippen LogP contribution in [0, 0.1) is 5.41 Å². The maximum Gasteiger partial charge on any atom is 0.101 e. The van der Waals surface area contributed by atoms with Crippen LogP contribution in [0.2, 0.25) is 0 Å². The quantitative estimate of drug-likeness (QED) is 0.613. The zero-order valence-corrected chi connectivity index (χ0v) is 14.1. The van der Waals surface area contributed by atoms with Gasteiger partial charge < -0.3 is 4.48 Å². The molecule has 1 atom stereocenters. The first-order chi connectivity index (χ1) is 11.2. The SMILES string of the molecule is C[C@@]12Cc3ccc4ccccc4c3C=C1C[N+]1(CCCCC1)C2. The van der Waals surface area contributed by atoms with Gasteiger partial charge in [-0.2, -0.15) is 0 Å². The van der Waals surface area contributed by atoms with E-state index in [0.717, 1.165) is 0 Å². The topological polar surface area (TPSA) is 0 Å². The van der Waals surface area contributed by atoms with Crippen LogP contribution in [0.15, 0.2) is 42.0 Å². The Morgan fingerprint density at radius 3 is 2.65 bits per heavy atom. The lowest BCUT2D eigenvalue weighted by atomic mass is 9.73. The standard InChI is InChI=1S/C22H26N/c1-22-14-18-10-9-17-7-3-4-8-20(17)21(18)13-19(22)15-23(16-22)11-5-2-6-12-23/h3-4,7-10,13H,2,5-6,11-12,14-16H2,1H3/q+1/t22-/m0/s1. The van der Waals surface area contributed by atoms with Crippen LogP contribution < -0.4 is 0 Å². The molecule has 0 unspecified atom stereocenters. The minimum Gasteiger partial charge on any atom is -0.319 e. The summed E-state index contributed by atoms with van der Waals surface area (Å²) in [5, 5.41) is 2.82. The van der Waals surface area contributed by atoms with Crippen LogP contribution >= 0.6 is 0 Å². The lowest BCUT2D eigenvalue weighted by Crippen LogP contribution is -2.50. The Kier molecular flexibility index (Phi) is 2.82. The van der Waals surface area contributed by atoms with Crippen LogP contribution in [0.1, 0.15) is 37.3 Å². The predicted octanol–water partition coefficient (Wildman–Crippen LogP) is 4.80. The molecule has 1 heteroatoms. The molecule has 1 spiro atoms. The van der Waals surface area contributed by atoms with E-state index in [1.54, 1.807) is 11.1 Å². The maximum absolute atomic E-state index is 2.57. The molecule has 0 aromatic heterocycles. The van der Waals surface area contributed by atoms with Crippen molar-refractivity contribution in [2.45, 2.75) is 32.6 Å². The number of fused-ring (bicyclic) bond motifs is 4. The number of benzene rings is 2. The Balaban J connectivity index is 1.63. The van der Waals surface area contributed by atoms with Gasteiger partial charge in [-0.3, -0.25) is 0 Å². The summed E-state index contributed by atoms with van der Waals surface area (Å²) < 4.78 is 1.37. The van der Waals surface area contributed by atoms with Crippen molar-refractivity contribution in [3.63, 3.8) is 0 Å². The van der Waals surface area contributed by atoms with Crippen LogP contribution in [0.5, 0.6) is 0 Å². The van der Waals surface area contributed by atoms with E-state index in [1.807, 2.05) is 0 Å². The molecule has 0 radical (unpaired) electrons. The molecule has 5 rings (SSSR count). The van der Waals surface area contributed by atoms with E-state index < -0.39 is 0 Å². The van der Waals surface area contributed by atoms with E-state index in [-0.39, 0.29) is 0 Å². The van der Waals surface area contributed by atoms with Gasteiger partial charge in [-0.05, 0) is 66.2 Å². The first kappa shape index (κ1) is 13.8. The second-order valence-electron chi connectivity index (χ2n) is 8.43. The van der Waals surface area contributed by atoms with Crippen molar-refractivity contribution in [1.29, 1.82) is 0 Å². The van der Waals surface area contributed by atoms with Crippen molar-refractivity contribution < 1.29 is 4.48 Å². The highest BCUT2D eigenvalue weighted by Crippen LogP contribution is 2.48. The van der Waals surface area contributed by atoms with Gasteiger partial charge in [-0.1, -0.05) is 36.4 Å². The molecule has 0 saturated carbocycles. The molecule has 2 aliphatic heterocycles. The number of nitrogens with zero attached hydrogens (tertiary/aromatic N) is 1. The number of rotatable bonds is 0. The normalized spacial score (nSPS) is 28.5. The summed E-state index contributed by atoms with van der Waals surface area (Å²) in [5.41, 5.74) is 5.19. The van der Waals surface area contributed by atoms with E-state index in [0.29, 0.717) is 5.41 Å². The third-order valence-corrected chi connectivity index (χ3v) is 6.69. The van der Waals surface area contributed by atoms with E-state index in [1.165, 1.54) is 72.7 Å². The summed E-state index contributed by atoms with van der Waals surface area (Å²) in [6.07, 6.45) is 8.11. The van der Waals surface area contributed by atoms with Crippen molar-refractivity contribution in [2.75, 3.05) is 26.2 Å².